The van der Waals surface area contributed by atoms with E-state index in [0.29, 0.717) is 12.2 Å². The van der Waals surface area contributed by atoms with Gasteiger partial charge in [-0.25, -0.2) is 0 Å². The lowest BCUT2D eigenvalue weighted by molar-refractivity contribution is -0.121. The SMILES string of the molecule is O=C(Cc1ccccc1O)NC1COc2ccccc21. The second-order valence-corrected chi connectivity index (χ2v) is 4.77. The Morgan fingerprint density at radius 1 is 1.20 bits per heavy atom. The normalized spacial score (nSPS) is 16.3. The van der Waals surface area contributed by atoms with Crippen molar-refractivity contribution in [1.82, 2.24) is 5.32 Å². The van der Waals surface area contributed by atoms with Gasteiger partial charge in [0, 0.05) is 11.1 Å². The summed E-state index contributed by atoms with van der Waals surface area (Å²) in [5, 5.41) is 12.6. The highest BCUT2D eigenvalue weighted by atomic mass is 16.5. The van der Waals surface area contributed by atoms with Crippen LogP contribution < -0.4 is 10.1 Å². The fraction of sp³-hybridized carbons (Fsp3) is 0.188. The van der Waals surface area contributed by atoms with Gasteiger partial charge in [0.15, 0.2) is 0 Å². The number of nitrogens with one attached hydrogen (secondary N) is 1. The zero-order chi connectivity index (χ0) is 13.9. The van der Waals surface area contributed by atoms with Gasteiger partial charge in [-0.15, -0.1) is 0 Å². The Balaban J connectivity index is 1.68. The number of para-hydroxylation sites is 2. The summed E-state index contributed by atoms with van der Waals surface area (Å²) < 4.78 is 5.52. The predicted octanol–water partition coefficient (Wildman–Crippen LogP) is 2.18. The van der Waals surface area contributed by atoms with Crippen LogP contribution in [0.4, 0.5) is 0 Å². The Labute approximate surface area is 117 Å². The molecule has 1 aliphatic heterocycles. The molecule has 4 heteroatoms. The standard InChI is InChI=1S/C16H15NO3/c18-14-7-3-1-5-11(14)9-16(19)17-13-10-20-15-8-4-2-6-12(13)15/h1-8,13,18H,9-10H2,(H,17,19). The highest BCUT2D eigenvalue weighted by molar-refractivity contribution is 5.80. The lowest BCUT2D eigenvalue weighted by Gasteiger charge is -2.12. The summed E-state index contributed by atoms with van der Waals surface area (Å²) in [5.74, 6) is 0.836. The molecule has 0 spiro atoms. The summed E-state index contributed by atoms with van der Waals surface area (Å²) in [4.78, 5) is 12.1. The van der Waals surface area contributed by atoms with Crippen LogP contribution >= 0.6 is 0 Å². The molecule has 0 radical (unpaired) electrons. The lowest BCUT2D eigenvalue weighted by Crippen LogP contribution is -2.30. The molecule has 0 saturated carbocycles. The summed E-state index contributed by atoms with van der Waals surface area (Å²) in [5.41, 5.74) is 1.62. The summed E-state index contributed by atoms with van der Waals surface area (Å²) in [6.45, 7) is 0.450. The van der Waals surface area contributed by atoms with Gasteiger partial charge in [0.2, 0.25) is 5.91 Å². The topological polar surface area (TPSA) is 58.6 Å². The third-order valence-electron chi connectivity index (χ3n) is 3.38. The van der Waals surface area contributed by atoms with Gasteiger partial charge in [-0.1, -0.05) is 36.4 Å². The van der Waals surface area contributed by atoms with Crippen LogP contribution in [0.3, 0.4) is 0 Å². The number of phenols is 1. The monoisotopic (exact) mass is 269 g/mol. The fourth-order valence-electron chi connectivity index (χ4n) is 2.36. The maximum absolute atomic E-state index is 12.1. The van der Waals surface area contributed by atoms with Crippen LogP contribution in [0.2, 0.25) is 0 Å². The zero-order valence-corrected chi connectivity index (χ0v) is 10.9. The van der Waals surface area contributed by atoms with E-state index in [1.54, 1.807) is 24.3 Å². The molecule has 2 aromatic rings. The number of ether oxygens (including phenoxy) is 1. The van der Waals surface area contributed by atoms with Crippen LogP contribution in [0.15, 0.2) is 48.5 Å². The number of aromatic hydroxyl groups is 1. The van der Waals surface area contributed by atoms with Crippen molar-refractivity contribution in [3.63, 3.8) is 0 Å². The smallest absolute Gasteiger partial charge is 0.225 e. The summed E-state index contributed by atoms with van der Waals surface area (Å²) >= 11 is 0. The Kier molecular flexibility index (Phi) is 3.29. The average molecular weight is 269 g/mol. The first-order valence-corrected chi connectivity index (χ1v) is 6.52. The Morgan fingerprint density at radius 2 is 1.95 bits per heavy atom. The molecule has 1 atom stereocenters. The van der Waals surface area contributed by atoms with Crippen molar-refractivity contribution in [3.8, 4) is 11.5 Å². The minimum absolute atomic E-state index is 0.121. The molecule has 0 saturated heterocycles. The number of hydrogen-bond donors (Lipinski definition) is 2. The molecule has 2 aromatic carbocycles. The Morgan fingerprint density at radius 3 is 2.80 bits per heavy atom. The minimum Gasteiger partial charge on any atom is -0.508 e. The van der Waals surface area contributed by atoms with E-state index in [-0.39, 0.29) is 24.1 Å². The summed E-state index contributed by atoms with van der Waals surface area (Å²) in [6, 6.07) is 14.4. The van der Waals surface area contributed by atoms with E-state index < -0.39 is 0 Å². The molecule has 0 fully saturated rings. The van der Waals surface area contributed by atoms with E-state index in [4.69, 9.17) is 4.74 Å². The van der Waals surface area contributed by atoms with Gasteiger partial charge in [0.25, 0.3) is 0 Å². The third kappa shape index (κ3) is 2.45. The van der Waals surface area contributed by atoms with E-state index in [0.717, 1.165) is 11.3 Å². The van der Waals surface area contributed by atoms with Crippen molar-refractivity contribution < 1.29 is 14.6 Å². The Hall–Kier alpha value is -2.49. The maximum Gasteiger partial charge on any atom is 0.225 e. The van der Waals surface area contributed by atoms with E-state index in [2.05, 4.69) is 5.32 Å². The highest BCUT2D eigenvalue weighted by Gasteiger charge is 2.25. The molecule has 0 aromatic heterocycles. The molecule has 20 heavy (non-hydrogen) atoms. The van der Waals surface area contributed by atoms with Crippen molar-refractivity contribution in [3.05, 3.63) is 59.7 Å². The molecule has 2 N–H and O–H groups in total. The van der Waals surface area contributed by atoms with Crippen LogP contribution in [0, 0.1) is 0 Å². The van der Waals surface area contributed by atoms with Gasteiger partial charge >= 0.3 is 0 Å². The van der Waals surface area contributed by atoms with Crippen LogP contribution in [0.25, 0.3) is 0 Å². The molecule has 102 valence electrons. The Bertz CT molecular complexity index is 639. The number of fused-ring (bicyclic) bond motifs is 1. The van der Waals surface area contributed by atoms with E-state index >= 15 is 0 Å². The van der Waals surface area contributed by atoms with Gasteiger partial charge in [-0.05, 0) is 12.1 Å². The third-order valence-corrected chi connectivity index (χ3v) is 3.38. The molecule has 1 amide bonds. The van der Waals surface area contributed by atoms with Gasteiger partial charge in [-0.2, -0.15) is 0 Å². The van der Waals surface area contributed by atoms with Gasteiger partial charge in [-0.3, -0.25) is 4.79 Å². The fourth-order valence-corrected chi connectivity index (χ4v) is 2.36. The highest BCUT2D eigenvalue weighted by Crippen LogP contribution is 2.31. The van der Waals surface area contributed by atoms with Crippen LogP contribution in [-0.4, -0.2) is 17.6 Å². The number of carbonyl (C=O) groups is 1. The quantitative estimate of drug-likeness (QED) is 0.898. The first-order valence-electron chi connectivity index (χ1n) is 6.52. The van der Waals surface area contributed by atoms with Crippen LogP contribution in [0.1, 0.15) is 17.2 Å². The first kappa shape index (κ1) is 12.5. The van der Waals surface area contributed by atoms with Gasteiger partial charge in [0.1, 0.15) is 18.1 Å². The first-order chi connectivity index (χ1) is 9.74. The van der Waals surface area contributed by atoms with Crippen LogP contribution in [-0.2, 0) is 11.2 Å². The number of rotatable bonds is 3. The van der Waals surface area contributed by atoms with E-state index in [9.17, 15) is 9.90 Å². The van der Waals surface area contributed by atoms with E-state index in [1.807, 2.05) is 24.3 Å². The van der Waals surface area contributed by atoms with Crippen molar-refractivity contribution in [1.29, 1.82) is 0 Å². The summed E-state index contributed by atoms with van der Waals surface area (Å²) in [7, 11) is 0. The molecule has 1 unspecified atom stereocenters. The van der Waals surface area contributed by atoms with E-state index in [1.165, 1.54) is 0 Å². The number of hydrogen-bond acceptors (Lipinski definition) is 3. The molecule has 0 aliphatic carbocycles. The second kappa shape index (κ2) is 5.25. The number of benzene rings is 2. The number of phenolic OH excluding ortho intramolecular Hbond substituents is 1. The largest absolute Gasteiger partial charge is 0.508 e. The molecule has 3 rings (SSSR count). The average Bonchev–Trinajstić information content (AvgIpc) is 2.85. The molecule has 0 bridgehead atoms. The predicted molar refractivity (Wildman–Crippen MR) is 74.6 cm³/mol. The number of carbonyl (C=O) groups excluding carboxylic acids is 1. The second-order valence-electron chi connectivity index (χ2n) is 4.77. The zero-order valence-electron chi connectivity index (χ0n) is 10.9. The lowest BCUT2D eigenvalue weighted by atomic mass is 10.1. The van der Waals surface area contributed by atoms with Gasteiger partial charge in [0.05, 0.1) is 12.5 Å². The molecule has 1 heterocycles. The van der Waals surface area contributed by atoms with Crippen molar-refractivity contribution in [2.24, 2.45) is 0 Å². The van der Waals surface area contributed by atoms with Crippen molar-refractivity contribution >= 4 is 5.91 Å². The van der Waals surface area contributed by atoms with Gasteiger partial charge < -0.3 is 15.2 Å². The molecular weight excluding hydrogens is 254 g/mol. The number of amides is 1. The minimum atomic E-state index is -0.128. The van der Waals surface area contributed by atoms with Crippen molar-refractivity contribution in [2.45, 2.75) is 12.5 Å². The van der Waals surface area contributed by atoms with Crippen molar-refractivity contribution in [2.75, 3.05) is 6.61 Å². The molecule has 1 aliphatic rings. The maximum atomic E-state index is 12.1. The summed E-state index contributed by atoms with van der Waals surface area (Å²) in [6.07, 6.45) is 0.158. The molecular formula is C16H15NO3. The van der Waals surface area contributed by atoms with Crippen LogP contribution in [0.5, 0.6) is 11.5 Å². The molecule has 4 nitrogen and oxygen atoms in total.